The van der Waals surface area contributed by atoms with E-state index in [-0.39, 0.29) is 36.4 Å². The Kier molecular flexibility index (Phi) is 11.8. The molecule has 0 aromatic rings. The third-order valence-corrected chi connectivity index (χ3v) is 14.2. The van der Waals surface area contributed by atoms with E-state index in [1.54, 1.807) is 45.1 Å². The first-order valence-corrected chi connectivity index (χ1v) is 20.0. The minimum Gasteiger partial charge on any atom is -0.442 e. The molecule has 0 bridgehead atoms. The molecule has 0 aromatic carbocycles. The quantitative estimate of drug-likeness (QED) is 0.0799. The maximum atomic E-state index is 14.4. The second-order valence-electron chi connectivity index (χ2n) is 18.5. The molecule has 0 aromatic heterocycles. The largest absolute Gasteiger partial charge is 0.442 e. The Morgan fingerprint density at radius 3 is 2.09 bits per heavy atom. The number of aliphatic hydroxyl groups excluding tert-OH is 2. The second kappa shape index (κ2) is 14.8. The molecule has 1 aliphatic carbocycles. The molecule has 0 amide bonds. The highest BCUT2D eigenvalue weighted by atomic mass is 16.7. The van der Waals surface area contributed by atoms with Gasteiger partial charge in [-0.1, -0.05) is 32.8 Å². The monoisotopic (exact) mass is 816 g/mol. The van der Waals surface area contributed by atoms with E-state index in [0.29, 0.717) is 17.7 Å². The van der Waals surface area contributed by atoms with Gasteiger partial charge in [0.25, 0.3) is 0 Å². The molecule has 8 N–H and O–H groups in total. The number of allylic oxidation sites excluding steroid dienone is 4. The lowest BCUT2D eigenvalue weighted by Gasteiger charge is -2.65. The molecule has 15 heteroatoms. The zero-order valence-electron chi connectivity index (χ0n) is 35.8. The van der Waals surface area contributed by atoms with Gasteiger partial charge in [-0.2, -0.15) is 0 Å². The van der Waals surface area contributed by atoms with Gasteiger partial charge in [0.15, 0.2) is 17.2 Å². The van der Waals surface area contributed by atoms with Crippen molar-refractivity contribution >= 4 is 17.5 Å². The van der Waals surface area contributed by atoms with Crippen molar-refractivity contribution in [2.45, 2.75) is 159 Å². The lowest BCUT2D eigenvalue weighted by Crippen LogP contribution is -2.82. The van der Waals surface area contributed by atoms with E-state index >= 15 is 0 Å². The molecule has 4 aliphatic heterocycles. The first kappa shape index (κ1) is 46.0. The van der Waals surface area contributed by atoms with Crippen LogP contribution in [0.5, 0.6) is 0 Å². The third kappa shape index (κ3) is 6.52. The number of ketones is 2. The van der Waals surface area contributed by atoms with Crippen molar-refractivity contribution in [2.24, 2.45) is 11.1 Å². The first-order valence-electron chi connectivity index (χ1n) is 20.0. The van der Waals surface area contributed by atoms with E-state index in [0.717, 1.165) is 12.8 Å². The Labute approximate surface area is 340 Å². The van der Waals surface area contributed by atoms with Crippen LogP contribution in [0, 0.1) is 5.41 Å². The van der Waals surface area contributed by atoms with Gasteiger partial charge in [-0.3, -0.25) is 9.59 Å². The SMILES string of the molecule is CC=CC1=CC2=CC3=C(C(=O)CCCCC)C(=O)OC3(C)C(=O)C2=CN1C1[C@](C)(O)[C@](C)(COC[C@]2(C)OC(C)(CO)[C@@](C)(O)[C@@](C)(O)C2N)C(C)(CO)O[C@@]1(C)O. The zero-order chi connectivity index (χ0) is 43.9. The van der Waals surface area contributed by atoms with Crippen LogP contribution >= 0.6 is 0 Å². The van der Waals surface area contributed by atoms with Gasteiger partial charge in [-0.05, 0) is 92.5 Å². The topological polar surface area (TPSA) is 239 Å². The average molecular weight is 817 g/mol. The number of fused-ring (bicyclic) bond motifs is 2. The van der Waals surface area contributed by atoms with E-state index in [1.807, 2.05) is 6.92 Å². The molecule has 2 fully saturated rings. The van der Waals surface area contributed by atoms with Gasteiger partial charge in [0.05, 0.1) is 43.5 Å². The van der Waals surface area contributed by atoms with Crippen LogP contribution in [0.25, 0.3) is 0 Å². The fourth-order valence-electron chi connectivity index (χ4n) is 9.68. The molecule has 5 unspecified atom stereocenters. The number of nitrogens with two attached hydrogens (primary N) is 1. The summed E-state index contributed by atoms with van der Waals surface area (Å²) < 4.78 is 24.6. The van der Waals surface area contributed by atoms with Gasteiger partial charge in [0.2, 0.25) is 5.78 Å². The summed E-state index contributed by atoms with van der Waals surface area (Å²) in [5.41, 5.74) is -6.73. The predicted octanol–water partition coefficient (Wildman–Crippen LogP) is 1.92. The number of carbonyl (C=O) groups is 3. The summed E-state index contributed by atoms with van der Waals surface area (Å²) in [7, 11) is 0. The fraction of sp³-hybridized carbons (Fsp3) is 0.698. The van der Waals surface area contributed by atoms with Crippen molar-refractivity contribution in [3.8, 4) is 0 Å². The van der Waals surface area contributed by atoms with Crippen LogP contribution in [-0.2, 0) is 33.3 Å². The van der Waals surface area contributed by atoms with Crippen LogP contribution < -0.4 is 5.73 Å². The van der Waals surface area contributed by atoms with Crippen LogP contribution in [0.3, 0.4) is 0 Å². The summed E-state index contributed by atoms with van der Waals surface area (Å²) in [6.07, 6.45) is 10.6. The van der Waals surface area contributed by atoms with Gasteiger partial charge in [0, 0.05) is 29.5 Å². The number of rotatable bonds is 13. The molecule has 11 atom stereocenters. The number of ether oxygens (including phenoxy) is 4. The first-order chi connectivity index (χ1) is 26.6. The van der Waals surface area contributed by atoms with Crippen molar-refractivity contribution in [2.75, 3.05) is 26.4 Å². The Balaban J connectivity index is 1.56. The number of Topliss-reactive ketones (excluding diaryl/α,β-unsaturated/α-hetero) is 2. The zero-order valence-corrected chi connectivity index (χ0v) is 35.8. The van der Waals surface area contributed by atoms with Crippen LogP contribution in [0.15, 0.2) is 58.5 Å². The summed E-state index contributed by atoms with van der Waals surface area (Å²) >= 11 is 0. The van der Waals surface area contributed by atoms with Crippen LogP contribution in [0.2, 0.25) is 0 Å². The minimum absolute atomic E-state index is 0.0956. The number of esters is 1. The Morgan fingerprint density at radius 2 is 1.52 bits per heavy atom. The number of hydrogen-bond acceptors (Lipinski definition) is 15. The molecule has 324 valence electrons. The Bertz CT molecular complexity index is 1870. The van der Waals surface area contributed by atoms with E-state index in [4.69, 9.17) is 24.7 Å². The van der Waals surface area contributed by atoms with Crippen LogP contribution in [-0.4, -0.2) is 137 Å². The van der Waals surface area contributed by atoms with Gasteiger partial charge in [-0.15, -0.1) is 0 Å². The molecule has 5 rings (SSSR count). The lowest BCUT2D eigenvalue weighted by molar-refractivity contribution is -0.398. The number of nitrogens with zero attached hydrogens (tertiary/aromatic N) is 1. The third-order valence-electron chi connectivity index (χ3n) is 14.2. The highest BCUT2D eigenvalue weighted by Crippen LogP contribution is 2.57. The van der Waals surface area contributed by atoms with E-state index in [1.165, 1.54) is 59.6 Å². The van der Waals surface area contributed by atoms with Crippen molar-refractivity contribution in [3.63, 3.8) is 0 Å². The smallest absolute Gasteiger partial charge is 0.343 e. The fourth-order valence-corrected chi connectivity index (χ4v) is 9.68. The van der Waals surface area contributed by atoms with Crippen molar-refractivity contribution in [1.82, 2.24) is 4.90 Å². The van der Waals surface area contributed by atoms with Gasteiger partial charge >= 0.3 is 5.97 Å². The highest BCUT2D eigenvalue weighted by Gasteiger charge is 2.71. The normalized spacial score (nSPS) is 44.2. The molecule has 0 radical (unpaired) electrons. The number of aliphatic hydroxyl groups is 6. The summed E-state index contributed by atoms with van der Waals surface area (Å²) in [6.45, 7) is 14.9. The number of carbonyl (C=O) groups excluding carboxylic acids is 3. The molecule has 0 spiro atoms. The lowest BCUT2D eigenvalue weighted by atomic mass is 9.57. The second-order valence-corrected chi connectivity index (χ2v) is 18.5. The molecule has 5 aliphatic rings. The van der Waals surface area contributed by atoms with E-state index in [9.17, 15) is 45.0 Å². The van der Waals surface area contributed by atoms with Crippen molar-refractivity contribution < 1.29 is 64.0 Å². The molecule has 0 saturated carbocycles. The number of hydrogen-bond donors (Lipinski definition) is 7. The van der Waals surface area contributed by atoms with Crippen molar-refractivity contribution in [3.05, 3.63) is 58.5 Å². The highest BCUT2D eigenvalue weighted by molar-refractivity contribution is 6.25. The number of unbranched alkanes of at least 4 members (excludes halogenated alkanes) is 2. The summed E-state index contributed by atoms with van der Waals surface area (Å²) in [6, 6.07) is -2.64. The minimum atomic E-state index is -2.21. The summed E-state index contributed by atoms with van der Waals surface area (Å²) in [5, 5.41) is 69.2. The van der Waals surface area contributed by atoms with Crippen LogP contribution in [0.1, 0.15) is 102 Å². The Morgan fingerprint density at radius 1 is 0.897 bits per heavy atom. The molecule has 58 heavy (non-hydrogen) atoms. The maximum absolute atomic E-state index is 14.4. The van der Waals surface area contributed by atoms with Gasteiger partial charge in [-0.25, -0.2) is 4.79 Å². The van der Waals surface area contributed by atoms with Gasteiger partial charge in [0.1, 0.15) is 39.6 Å². The van der Waals surface area contributed by atoms with Crippen molar-refractivity contribution in [1.29, 1.82) is 0 Å². The van der Waals surface area contributed by atoms with E-state index in [2.05, 4.69) is 0 Å². The maximum Gasteiger partial charge on any atom is 0.343 e. The summed E-state index contributed by atoms with van der Waals surface area (Å²) in [4.78, 5) is 42.5. The van der Waals surface area contributed by atoms with E-state index < -0.39 is 93.2 Å². The molecular weight excluding hydrogens is 752 g/mol. The molecular formula is C43H64N2O13. The Hall–Kier alpha value is -3.09. The van der Waals surface area contributed by atoms with Crippen LogP contribution in [0.4, 0.5) is 0 Å². The molecule has 15 nitrogen and oxygen atoms in total. The standard InChI is InChI=1S/C43H64N2O13/c1-12-14-15-17-29(48)30-28-19-25-18-26(16-13-2)45(20-27(25)31(49)39(28,7)56-32(30)50)34-41(9,52)36(4,37(5,21-46)58-42(34,10)53)24-55-23-35(3)33(44)40(8,51)43(11,54)38(6,22-47)57-35/h13,16,18-20,33-34,46-47,51-54H,12,14-15,17,21-24,44H2,1-11H3/t33?,34?,35-,36+,37?,38?,39?,40-,41-,42+,43+/m0/s1. The molecule has 4 heterocycles. The molecule has 2 saturated heterocycles. The predicted molar refractivity (Wildman–Crippen MR) is 211 cm³/mol. The summed E-state index contributed by atoms with van der Waals surface area (Å²) in [5.74, 6) is -4.07. The van der Waals surface area contributed by atoms with Gasteiger partial charge < -0.3 is 60.2 Å². The average Bonchev–Trinajstić information content (AvgIpc) is 3.39.